The van der Waals surface area contributed by atoms with Gasteiger partial charge in [0.25, 0.3) is 5.91 Å². The summed E-state index contributed by atoms with van der Waals surface area (Å²) in [5.74, 6) is 1.48. The van der Waals surface area contributed by atoms with Crippen molar-refractivity contribution in [2.24, 2.45) is 29.4 Å². The van der Waals surface area contributed by atoms with Crippen LogP contribution in [0, 0.1) is 23.7 Å². The van der Waals surface area contributed by atoms with Gasteiger partial charge in [-0.25, -0.2) is 0 Å². The van der Waals surface area contributed by atoms with Crippen LogP contribution in [0.2, 0.25) is 0 Å². The number of para-hydroxylation sites is 1. The van der Waals surface area contributed by atoms with E-state index >= 15 is 0 Å². The van der Waals surface area contributed by atoms with Gasteiger partial charge in [-0.2, -0.15) is 0 Å². The molecule has 3 aliphatic rings. The second kappa shape index (κ2) is 7.94. The van der Waals surface area contributed by atoms with E-state index in [9.17, 15) is 14.4 Å². The van der Waals surface area contributed by atoms with Gasteiger partial charge in [0.2, 0.25) is 11.8 Å². The predicted octanol–water partition coefficient (Wildman–Crippen LogP) is 2.79. The average Bonchev–Trinajstić information content (AvgIpc) is 3.31. The van der Waals surface area contributed by atoms with E-state index in [0.29, 0.717) is 55.4 Å². The lowest BCUT2D eigenvalue weighted by Gasteiger charge is -2.31. The SMILES string of the molecule is NC(=O)C1CCN(C(=O)c2ccccc2NC(=O)CC2CC3CCC2C3)CC1. The topological polar surface area (TPSA) is 92.5 Å². The summed E-state index contributed by atoms with van der Waals surface area (Å²) in [7, 11) is 0. The molecule has 150 valence electrons. The van der Waals surface area contributed by atoms with E-state index in [1.807, 2.05) is 12.1 Å². The number of hydrogen-bond donors (Lipinski definition) is 2. The minimum Gasteiger partial charge on any atom is -0.369 e. The molecule has 1 heterocycles. The second-order valence-electron chi connectivity index (χ2n) is 8.70. The van der Waals surface area contributed by atoms with Crippen LogP contribution >= 0.6 is 0 Å². The van der Waals surface area contributed by atoms with Crippen molar-refractivity contribution >= 4 is 23.4 Å². The Balaban J connectivity index is 1.38. The minimum atomic E-state index is -0.291. The smallest absolute Gasteiger partial charge is 0.255 e. The van der Waals surface area contributed by atoms with Gasteiger partial charge in [-0.3, -0.25) is 14.4 Å². The molecule has 1 saturated heterocycles. The number of nitrogens with two attached hydrogens (primary N) is 1. The van der Waals surface area contributed by atoms with E-state index in [1.54, 1.807) is 17.0 Å². The summed E-state index contributed by atoms with van der Waals surface area (Å²) < 4.78 is 0. The summed E-state index contributed by atoms with van der Waals surface area (Å²) >= 11 is 0. The number of rotatable bonds is 5. The number of benzene rings is 1. The van der Waals surface area contributed by atoms with Gasteiger partial charge in [0.05, 0.1) is 11.3 Å². The zero-order valence-electron chi connectivity index (χ0n) is 16.2. The molecule has 3 fully saturated rings. The van der Waals surface area contributed by atoms with Gasteiger partial charge in [-0.15, -0.1) is 0 Å². The number of nitrogens with one attached hydrogen (secondary N) is 1. The summed E-state index contributed by atoms with van der Waals surface area (Å²) in [6, 6.07) is 7.20. The first kappa shape index (κ1) is 19.0. The standard InChI is InChI=1S/C22H29N3O3/c23-21(27)15-7-9-25(10-8-15)22(28)18-3-1-2-4-19(18)24-20(26)13-17-12-14-5-6-16(17)11-14/h1-4,14-17H,5-13H2,(H2,23,27)(H,24,26). The highest BCUT2D eigenvalue weighted by molar-refractivity contribution is 6.03. The fourth-order valence-electron chi connectivity index (χ4n) is 5.38. The summed E-state index contributed by atoms with van der Waals surface area (Å²) in [5, 5.41) is 2.98. The monoisotopic (exact) mass is 383 g/mol. The van der Waals surface area contributed by atoms with Crippen LogP contribution in [0.1, 0.15) is 55.3 Å². The van der Waals surface area contributed by atoms with E-state index in [1.165, 1.54) is 25.7 Å². The molecule has 0 aromatic heterocycles. The van der Waals surface area contributed by atoms with Crippen molar-refractivity contribution in [1.82, 2.24) is 4.90 Å². The van der Waals surface area contributed by atoms with Gasteiger partial charge in [0.1, 0.15) is 0 Å². The number of amides is 3. The molecule has 2 aliphatic carbocycles. The Morgan fingerprint density at radius 1 is 1.04 bits per heavy atom. The zero-order chi connectivity index (χ0) is 19.7. The maximum atomic E-state index is 13.0. The molecular weight excluding hydrogens is 354 g/mol. The van der Waals surface area contributed by atoms with Gasteiger partial charge in [0.15, 0.2) is 0 Å². The zero-order valence-corrected chi connectivity index (χ0v) is 16.2. The quantitative estimate of drug-likeness (QED) is 0.819. The summed E-state index contributed by atoms with van der Waals surface area (Å²) in [6.07, 6.45) is 6.79. The number of carbonyl (C=O) groups excluding carboxylic acids is 3. The van der Waals surface area contributed by atoms with Crippen molar-refractivity contribution in [3.63, 3.8) is 0 Å². The van der Waals surface area contributed by atoms with Gasteiger partial charge in [-0.1, -0.05) is 18.6 Å². The highest BCUT2D eigenvalue weighted by Gasteiger charge is 2.40. The average molecular weight is 383 g/mol. The van der Waals surface area contributed by atoms with E-state index in [-0.39, 0.29) is 23.6 Å². The number of nitrogens with zero attached hydrogens (tertiary/aromatic N) is 1. The second-order valence-corrected chi connectivity index (χ2v) is 8.70. The van der Waals surface area contributed by atoms with Gasteiger partial charge < -0.3 is 16.0 Å². The number of hydrogen-bond acceptors (Lipinski definition) is 3. The lowest BCUT2D eigenvalue weighted by molar-refractivity contribution is -0.123. The van der Waals surface area contributed by atoms with Gasteiger partial charge >= 0.3 is 0 Å². The molecule has 4 rings (SSSR count). The molecule has 2 saturated carbocycles. The van der Waals surface area contributed by atoms with Crippen LogP contribution in [0.15, 0.2) is 24.3 Å². The normalized spacial score (nSPS) is 27.0. The van der Waals surface area contributed by atoms with Crippen LogP contribution in [-0.4, -0.2) is 35.7 Å². The number of piperidine rings is 1. The van der Waals surface area contributed by atoms with E-state index in [0.717, 1.165) is 5.92 Å². The molecule has 3 amide bonds. The Bertz CT molecular complexity index is 770. The van der Waals surface area contributed by atoms with Crippen molar-refractivity contribution in [1.29, 1.82) is 0 Å². The van der Waals surface area contributed by atoms with Gasteiger partial charge in [0, 0.05) is 25.4 Å². The number of primary amides is 1. The molecule has 1 aromatic carbocycles. The molecule has 0 spiro atoms. The van der Waals surface area contributed by atoms with E-state index in [2.05, 4.69) is 5.32 Å². The minimum absolute atomic E-state index is 0.00485. The van der Waals surface area contributed by atoms with Crippen molar-refractivity contribution in [2.75, 3.05) is 18.4 Å². The lowest BCUT2D eigenvalue weighted by atomic mass is 9.86. The van der Waals surface area contributed by atoms with Crippen LogP contribution in [-0.2, 0) is 9.59 Å². The fraction of sp³-hybridized carbons (Fsp3) is 0.591. The number of carbonyl (C=O) groups is 3. The molecule has 3 N–H and O–H groups in total. The number of anilines is 1. The molecule has 1 aliphatic heterocycles. The fourth-order valence-corrected chi connectivity index (χ4v) is 5.38. The lowest BCUT2D eigenvalue weighted by Crippen LogP contribution is -2.42. The van der Waals surface area contributed by atoms with Crippen LogP contribution in [0.4, 0.5) is 5.69 Å². The maximum Gasteiger partial charge on any atom is 0.255 e. The van der Waals surface area contributed by atoms with Crippen molar-refractivity contribution in [3.8, 4) is 0 Å². The molecule has 2 bridgehead atoms. The Labute approximate surface area is 165 Å². The molecule has 6 nitrogen and oxygen atoms in total. The highest BCUT2D eigenvalue weighted by atomic mass is 16.2. The third-order valence-electron chi connectivity index (χ3n) is 6.95. The molecule has 3 atom stereocenters. The summed E-state index contributed by atoms with van der Waals surface area (Å²) in [4.78, 5) is 38.7. The van der Waals surface area contributed by atoms with E-state index in [4.69, 9.17) is 5.73 Å². The Hall–Kier alpha value is -2.37. The highest BCUT2D eigenvalue weighted by Crippen LogP contribution is 2.49. The third-order valence-corrected chi connectivity index (χ3v) is 6.95. The Morgan fingerprint density at radius 2 is 1.79 bits per heavy atom. The third kappa shape index (κ3) is 3.91. The summed E-state index contributed by atoms with van der Waals surface area (Å²) in [6.45, 7) is 1.03. The molecule has 3 unspecified atom stereocenters. The first-order valence-electron chi connectivity index (χ1n) is 10.5. The predicted molar refractivity (Wildman–Crippen MR) is 106 cm³/mol. The van der Waals surface area contributed by atoms with Crippen LogP contribution in [0.3, 0.4) is 0 Å². The number of fused-ring (bicyclic) bond motifs is 2. The van der Waals surface area contributed by atoms with Crippen LogP contribution in [0.5, 0.6) is 0 Å². The first-order valence-corrected chi connectivity index (χ1v) is 10.5. The molecule has 28 heavy (non-hydrogen) atoms. The Morgan fingerprint density at radius 3 is 2.43 bits per heavy atom. The van der Waals surface area contributed by atoms with E-state index < -0.39 is 0 Å². The molecular formula is C22H29N3O3. The number of likely N-dealkylation sites (tertiary alicyclic amines) is 1. The van der Waals surface area contributed by atoms with Gasteiger partial charge in [-0.05, 0) is 62.0 Å². The van der Waals surface area contributed by atoms with Crippen LogP contribution in [0.25, 0.3) is 0 Å². The molecule has 6 heteroatoms. The first-order chi connectivity index (χ1) is 13.5. The maximum absolute atomic E-state index is 13.0. The van der Waals surface area contributed by atoms with Crippen LogP contribution < -0.4 is 11.1 Å². The Kier molecular flexibility index (Phi) is 5.38. The molecule has 1 aromatic rings. The van der Waals surface area contributed by atoms with Crippen molar-refractivity contribution < 1.29 is 14.4 Å². The summed E-state index contributed by atoms with van der Waals surface area (Å²) in [5.41, 5.74) is 6.47. The van der Waals surface area contributed by atoms with Crippen molar-refractivity contribution in [3.05, 3.63) is 29.8 Å². The largest absolute Gasteiger partial charge is 0.369 e. The van der Waals surface area contributed by atoms with Crippen molar-refractivity contribution in [2.45, 2.75) is 44.9 Å². The molecule has 0 radical (unpaired) electrons.